The largest absolute Gasteiger partial charge is 0.469 e. The van der Waals surface area contributed by atoms with Gasteiger partial charge < -0.3 is 15.2 Å². The second kappa shape index (κ2) is 9.35. The molecule has 21 heavy (non-hydrogen) atoms. The van der Waals surface area contributed by atoms with Crippen molar-refractivity contribution in [3.63, 3.8) is 0 Å². The van der Waals surface area contributed by atoms with E-state index in [4.69, 9.17) is 10.5 Å². The maximum atomic E-state index is 11.4. The van der Waals surface area contributed by atoms with Crippen molar-refractivity contribution in [2.75, 3.05) is 13.7 Å². The van der Waals surface area contributed by atoms with Crippen LogP contribution in [0, 0.1) is 0 Å². The quantitative estimate of drug-likeness (QED) is 0.355. The first kappa shape index (κ1) is 16.5. The first-order chi connectivity index (χ1) is 10.1. The lowest BCUT2D eigenvalue weighted by molar-refractivity contribution is -0.140. The molecule has 0 saturated carbocycles. The highest BCUT2D eigenvalue weighted by atomic mass is 16.5. The second-order valence-electron chi connectivity index (χ2n) is 4.13. The minimum Gasteiger partial charge on any atom is -0.469 e. The van der Waals surface area contributed by atoms with Crippen molar-refractivity contribution >= 4 is 18.0 Å². The lowest BCUT2D eigenvalue weighted by Gasteiger charge is -2.06. The normalized spacial score (nSPS) is 10.8. The van der Waals surface area contributed by atoms with Gasteiger partial charge in [0.2, 0.25) is 0 Å². The number of carbonyl (C=O) groups is 2. The van der Waals surface area contributed by atoms with E-state index in [0.29, 0.717) is 13.0 Å². The third-order valence-corrected chi connectivity index (χ3v) is 2.49. The Labute approximate surface area is 123 Å². The van der Waals surface area contributed by atoms with E-state index in [1.54, 1.807) is 0 Å². The highest BCUT2D eigenvalue weighted by Crippen LogP contribution is 2.00. The molecule has 0 unspecified atom stereocenters. The average Bonchev–Trinajstić information content (AvgIpc) is 2.50. The van der Waals surface area contributed by atoms with Crippen LogP contribution in [0.4, 0.5) is 4.79 Å². The number of carbonyl (C=O) groups excluding carboxylic acids is 2. The molecule has 7 nitrogen and oxygen atoms in total. The summed E-state index contributed by atoms with van der Waals surface area (Å²) in [4.78, 5) is 26.2. The van der Waals surface area contributed by atoms with E-state index in [9.17, 15) is 9.59 Å². The van der Waals surface area contributed by atoms with Crippen LogP contribution in [0.3, 0.4) is 0 Å². The Morgan fingerprint density at radius 2 is 2.00 bits per heavy atom. The van der Waals surface area contributed by atoms with Gasteiger partial charge in [-0.15, -0.1) is 0 Å². The number of aliphatic imine (C=N–C) groups is 1. The first-order valence-electron chi connectivity index (χ1n) is 6.46. The number of hydrogen-bond acceptors (Lipinski definition) is 5. The van der Waals surface area contributed by atoms with E-state index in [0.717, 1.165) is 5.56 Å². The SMILES string of the molecule is COC(=O)CCCN=C(N)NC(=O)OCc1ccccc1. The van der Waals surface area contributed by atoms with Crippen molar-refractivity contribution in [3.8, 4) is 0 Å². The molecule has 1 amide bonds. The van der Waals surface area contributed by atoms with Crippen LogP contribution in [0.1, 0.15) is 18.4 Å². The number of guanidine groups is 1. The number of rotatable bonds is 6. The van der Waals surface area contributed by atoms with Crippen molar-refractivity contribution in [2.45, 2.75) is 19.4 Å². The third kappa shape index (κ3) is 7.56. The first-order valence-corrected chi connectivity index (χ1v) is 6.46. The fourth-order valence-corrected chi connectivity index (χ4v) is 1.43. The summed E-state index contributed by atoms with van der Waals surface area (Å²) in [6, 6.07) is 9.28. The van der Waals surface area contributed by atoms with Crippen molar-refractivity contribution in [3.05, 3.63) is 35.9 Å². The van der Waals surface area contributed by atoms with Crippen LogP contribution >= 0.6 is 0 Å². The lowest BCUT2D eigenvalue weighted by atomic mass is 10.2. The Morgan fingerprint density at radius 1 is 1.29 bits per heavy atom. The van der Waals surface area contributed by atoms with Crippen LogP contribution in [0.2, 0.25) is 0 Å². The molecule has 1 rings (SSSR count). The third-order valence-electron chi connectivity index (χ3n) is 2.49. The van der Waals surface area contributed by atoms with E-state index in [1.165, 1.54) is 7.11 Å². The molecule has 0 spiro atoms. The number of alkyl carbamates (subject to hydrolysis) is 1. The molecule has 0 radical (unpaired) electrons. The van der Waals surface area contributed by atoms with E-state index in [-0.39, 0.29) is 25.0 Å². The number of benzene rings is 1. The molecule has 0 bridgehead atoms. The molecule has 0 saturated heterocycles. The average molecular weight is 293 g/mol. The number of methoxy groups -OCH3 is 1. The number of amides is 1. The second-order valence-corrected chi connectivity index (χ2v) is 4.13. The van der Waals surface area contributed by atoms with Gasteiger partial charge in [0.25, 0.3) is 0 Å². The monoisotopic (exact) mass is 293 g/mol. The molecule has 0 aliphatic carbocycles. The molecule has 7 heteroatoms. The van der Waals surface area contributed by atoms with E-state index in [1.807, 2.05) is 30.3 Å². The van der Waals surface area contributed by atoms with E-state index >= 15 is 0 Å². The minimum absolute atomic E-state index is 0.0436. The van der Waals surface area contributed by atoms with Gasteiger partial charge in [0.15, 0.2) is 5.96 Å². The summed E-state index contributed by atoms with van der Waals surface area (Å²) >= 11 is 0. The van der Waals surface area contributed by atoms with Crippen molar-refractivity contribution in [2.24, 2.45) is 10.7 Å². The van der Waals surface area contributed by atoms with Crippen LogP contribution in [0.15, 0.2) is 35.3 Å². The molecule has 0 aromatic heterocycles. The van der Waals surface area contributed by atoms with Gasteiger partial charge >= 0.3 is 12.1 Å². The highest BCUT2D eigenvalue weighted by molar-refractivity contribution is 5.92. The van der Waals surface area contributed by atoms with Gasteiger partial charge in [0.1, 0.15) is 6.61 Å². The summed E-state index contributed by atoms with van der Waals surface area (Å²) in [5.41, 5.74) is 6.39. The van der Waals surface area contributed by atoms with Crippen molar-refractivity contribution in [1.29, 1.82) is 0 Å². The molecule has 0 heterocycles. The molecular weight excluding hydrogens is 274 g/mol. The molecule has 1 aromatic carbocycles. The van der Waals surface area contributed by atoms with E-state index in [2.05, 4.69) is 15.0 Å². The number of ether oxygens (including phenoxy) is 2. The van der Waals surface area contributed by atoms with Crippen LogP contribution in [-0.4, -0.2) is 31.7 Å². The van der Waals surface area contributed by atoms with Crippen LogP contribution in [0.5, 0.6) is 0 Å². The maximum Gasteiger partial charge on any atom is 0.414 e. The van der Waals surface area contributed by atoms with Crippen LogP contribution in [0.25, 0.3) is 0 Å². The smallest absolute Gasteiger partial charge is 0.414 e. The molecule has 3 N–H and O–H groups in total. The Balaban J connectivity index is 2.22. The van der Waals surface area contributed by atoms with Gasteiger partial charge in [-0.1, -0.05) is 30.3 Å². The Morgan fingerprint density at radius 3 is 2.67 bits per heavy atom. The Bertz CT molecular complexity index is 488. The fraction of sp³-hybridized carbons (Fsp3) is 0.357. The van der Waals surface area contributed by atoms with Gasteiger partial charge in [-0.2, -0.15) is 0 Å². The maximum absolute atomic E-state index is 11.4. The summed E-state index contributed by atoms with van der Waals surface area (Å²) in [6.07, 6.45) is 0.0768. The molecule has 114 valence electrons. The zero-order valence-corrected chi connectivity index (χ0v) is 11.9. The van der Waals surface area contributed by atoms with Crippen LogP contribution < -0.4 is 11.1 Å². The molecule has 0 aliphatic heterocycles. The predicted octanol–water partition coefficient (Wildman–Crippen LogP) is 1.18. The van der Waals surface area contributed by atoms with Crippen LogP contribution in [-0.2, 0) is 20.9 Å². The highest BCUT2D eigenvalue weighted by Gasteiger charge is 2.04. The summed E-state index contributed by atoms with van der Waals surface area (Å²) in [7, 11) is 1.32. The summed E-state index contributed by atoms with van der Waals surface area (Å²) in [5, 5.41) is 2.30. The van der Waals surface area contributed by atoms with Gasteiger partial charge in [0.05, 0.1) is 7.11 Å². The topological polar surface area (TPSA) is 103 Å². The Hall–Kier alpha value is -2.57. The number of hydrogen-bond donors (Lipinski definition) is 2. The Kier molecular flexibility index (Phi) is 7.34. The fourth-order valence-electron chi connectivity index (χ4n) is 1.43. The van der Waals surface area contributed by atoms with Crippen molar-refractivity contribution < 1.29 is 19.1 Å². The van der Waals surface area contributed by atoms with Gasteiger partial charge in [-0.3, -0.25) is 15.1 Å². The minimum atomic E-state index is -0.673. The molecule has 0 aliphatic rings. The van der Waals surface area contributed by atoms with Gasteiger partial charge in [0, 0.05) is 13.0 Å². The summed E-state index contributed by atoms with van der Waals surface area (Å²) < 4.78 is 9.46. The molecular formula is C14H19N3O4. The van der Waals surface area contributed by atoms with Gasteiger partial charge in [-0.25, -0.2) is 4.79 Å². The zero-order valence-electron chi connectivity index (χ0n) is 11.9. The van der Waals surface area contributed by atoms with E-state index < -0.39 is 6.09 Å². The number of nitrogens with zero attached hydrogens (tertiary/aromatic N) is 1. The van der Waals surface area contributed by atoms with Crippen molar-refractivity contribution in [1.82, 2.24) is 5.32 Å². The number of nitrogens with two attached hydrogens (primary N) is 1. The number of nitrogens with one attached hydrogen (secondary N) is 1. The standard InChI is InChI=1S/C14H19N3O4/c1-20-12(18)8-5-9-16-13(15)17-14(19)21-10-11-6-3-2-4-7-11/h2-4,6-7H,5,8-10H2,1H3,(H3,15,16,17,19). The summed E-state index contributed by atoms with van der Waals surface area (Å²) in [6.45, 7) is 0.474. The molecule has 0 atom stereocenters. The number of esters is 1. The summed E-state index contributed by atoms with van der Waals surface area (Å²) in [5.74, 6) is -0.350. The van der Waals surface area contributed by atoms with Gasteiger partial charge in [-0.05, 0) is 12.0 Å². The lowest BCUT2D eigenvalue weighted by Crippen LogP contribution is -2.37. The molecule has 1 aromatic rings. The predicted molar refractivity (Wildman–Crippen MR) is 77.5 cm³/mol. The zero-order chi connectivity index (χ0) is 15.5. The molecule has 0 fully saturated rings.